The quantitative estimate of drug-likeness (QED) is 0.821. The van der Waals surface area contributed by atoms with Gasteiger partial charge in [-0.25, -0.2) is 0 Å². The number of fused-ring (bicyclic) bond motifs is 1. The number of rotatable bonds is 3. The van der Waals surface area contributed by atoms with Gasteiger partial charge in [0.05, 0.1) is 24.5 Å². The van der Waals surface area contributed by atoms with Gasteiger partial charge in [-0.15, -0.1) is 10.2 Å². The molecule has 8 nitrogen and oxygen atoms in total. The molecular formula is C16H21N7O. The third-order valence-corrected chi connectivity index (χ3v) is 5.37. The molecule has 1 saturated carbocycles. The van der Waals surface area contributed by atoms with E-state index in [2.05, 4.69) is 24.8 Å². The van der Waals surface area contributed by atoms with E-state index >= 15 is 0 Å². The van der Waals surface area contributed by atoms with Crippen molar-refractivity contribution < 1.29 is 4.79 Å². The van der Waals surface area contributed by atoms with E-state index in [0.29, 0.717) is 5.92 Å². The zero-order valence-electron chi connectivity index (χ0n) is 13.8. The maximum Gasteiger partial charge on any atom is 0.244 e. The average Bonchev–Trinajstić information content (AvgIpc) is 3.01. The lowest BCUT2D eigenvalue weighted by atomic mass is 10.2. The van der Waals surface area contributed by atoms with Crippen molar-refractivity contribution in [2.45, 2.75) is 44.3 Å². The number of carbonyl (C=O) groups excluding carboxylic acids is 1. The number of amides is 1. The Balaban J connectivity index is 1.33. The topological polar surface area (TPSA) is 72.1 Å². The number of hydrogen-bond donors (Lipinski definition) is 0. The van der Waals surface area contributed by atoms with Gasteiger partial charge in [-0.3, -0.25) is 14.4 Å². The number of nitrogens with zero attached hydrogens (tertiary/aromatic N) is 7. The fourth-order valence-electron chi connectivity index (χ4n) is 3.92. The van der Waals surface area contributed by atoms with Crippen LogP contribution >= 0.6 is 0 Å². The molecule has 1 amide bonds. The van der Waals surface area contributed by atoms with Gasteiger partial charge in [0.1, 0.15) is 11.6 Å². The summed E-state index contributed by atoms with van der Waals surface area (Å²) >= 11 is 0. The van der Waals surface area contributed by atoms with Crippen LogP contribution in [0.5, 0.6) is 0 Å². The molecule has 2 aliphatic heterocycles. The summed E-state index contributed by atoms with van der Waals surface area (Å²) in [6.07, 6.45) is 6.99. The van der Waals surface area contributed by atoms with E-state index in [-0.39, 0.29) is 11.9 Å². The van der Waals surface area contributed by atoms with Gasteiger partial charge in [-0.05, 0) is 19.3 Å². The summed E-state index contributed by atoms with van der Waals surface area (Å²) in [5, 5.41) is 12.9. The van der Waals surface area contributed by atoms with Crippen LogP contribution in [0.4, 0.5) is 5.69 Å². The van der Waals surface area contributed by atoms with Gasteiger partial charge in [0, 0.05) is 38.8 Å². The molecule has 0 spiro atoms. The van der Waals surface area contributed by atoms with Gasteiger partial charge in [-0.2, -0.15) is 5.10 Å². The molecule has 0 aromatic carbocycles. The highest BCUT2D eigenvalue weighted by atomic mass is 16.2. The van der Waals surface area contributed by atoms with E-state index in [0.717, 1.165) is 49.9 Å². The van der Waals surface area contributed by atoms with E-state index in [1.807, 2.05) is 18.1 Å². The molecule has 24 heavy (non-hydrogen) atoms. The second kappa shape index (κ2) is 5.14. The molecule has 1 atom stereocenters. The molecule has 126 valence electrons. The number of aromatic nitrogens is 5. The fourth-order valence-corrected chi connectivity index (χ4v) is 3.92. The first-order chi connectivity index (χ1) is 11.7. The van der Waals surface area contributed by atoms with Crippen molar-refractivity contribution in [1.29, 1.82) is 0 Å². The molecule has 0 N–H and O–H groups in total. The highest BCUT2D eigenvalue weighted by molar-refractivity contribution is 5.99. The van der Waals surface area contributed by atoms with Crippen molar-refractivity contribution >= 4 is 11.6 Å². The maximum absolute atomic E-state index is 12.9. The summed E-state index contributed by atoms with van der Waals surface area (Å²) in [4.78, 5) is 17.0. The van der Waals surface area contributed by atoms with Crippen LogP contribution in [0.2, 0.25) is 0 Å². The summed E-state index contributed by atoms with van der Waals surface area (Å²) in [7, 11) is 1.87. The number of carbonyl (C=O) groups is 1. The first-order valence-corrected chi connectivity index (χ1v) is 8.67. The first-order valence-electron chi connectivity index (χ1n) is 8.67. The molecule has 8 heteroatoms. The Kier molecular flexibility index (Phi) is 3.03. The minimum atomic E-state index is -0.0555. The summed E-state index contributed by atoms with van der Waals surface area (Å²) in [6.45, 7) is 3.26. The molecule has 0 bridgehead atoms. The normalized spacial score (nSPS) is 24.6. The third kappa shape index (κ3) is 2.16. The highest BCUT2D eigenvalue weighted by Gasteiger charge is 2.40. The largest absolute Gasteiger partial charge is 0.312 e. The molecule has 4 heterocycles. The third-order valence-electron chi connectivity index (χ3n) is 5.37. The van der Waals surface area contributed by atoms with Crippen molar-refractivity contribution in [3.8, 4) is 0 Å². The molecule has 2 aromatic rings. The van der Waals surface area contributed by atoms with E-state index in [4.69, 9.17) is 0 Å². The van der Waals surface area contributed by atoms with Crippen molar-refractivity contribution in [2.75, 3.05) is 18.0 Å². The van der Waals surface area contributed by atoms with Crippen LogP contribution in [-0.4, -0.2) is 54.5 Å². The molecule has 3 aliphatic rings. The second-order valence-corrected chi connectivity index (χ2v) is 7.04. The SMILES string of the molecule is Cn1cc(N2CCC(N3CCn4c(nnc4C4CC4)C3)C2=O)cn1. The standard InChI is InChI=1S/C16H21N7O/c1-20-9-12(8-17-20)22-5-4-13(16(22)24)21-6-7-23-14(10-21)18-19-15(23)11-2-3-11/h8-9,11,13H,2-7,10H2,1H3. The van der Waals surface area contributed by atoms with E-state index in [1.165, 1.54) is 12.8 Å². The van der Waals surface area contributed by atoms with Crippen LogP contribution in [0.15, 0.2) is 12.4 Å². The van der Waals surface area contributed by atoms with Crippen LogP contribution in [0.25, 0.3) is 0 Å². The summed E-state index contributed by atoms with van der Waals surface area (Å²) in [5.41, 5.74) is 0.890. The maximum atomic E-state index is 12.9. The van der Waals surface area contributed by atoms with Gasteiger partial charge in [0.25, 0.3) is 0 Å². The summed E-state index contributed by atoms with van der Waals surface area (Å²) in [5.74, 6) is 2.96. The van der Waals surface area contributed by atoms with E-state index < -0.39 is 0 Å². The second-order valence-electron chi connectivity index (χ2n) is 7.04. The van der Waals surface area contributed by atoms with Crippen molar-refractivity contribution in [2.24, 2.45) is 7.05 Å². The first kappa shape index (κ1) is 14.2. The number of aryl methyl sites for hydroxylation is 1. The van der Waals surface area contributed by atoms with E-state index in [9.17, 15) is 4.79 Å². The van der Waals surface area contributed by atoms with Crippen molar-refractivity contribution in [1.82, 2.24) is 29.4 Å². The Morgan fingerprint density at radius 1 is 1.12 bits per heavy atom. The number of anilines is 1. The smallest absolute Gasteiger partial charge is 0.244 e. The Morgan fingerprint density at radius 3 is 2.75 bits per heavy atom. The predicted molar refractivity (Wildman–Crippen MR) is 86.4 cm³/mol. The van der Waals surface area contributed by atoms with Crippen LogP contribution < -0.4 is 4.90 Å². The van der Waals surface area contributed by atoms with Crippen LogP contribution in [-0.2, 0) is 24.9 Å². The molecule has 2 aromatic heterocycles. The lowest BCUT2D eigenvalue weighted by Crippen LogP contribution is -2.45. The minimum absolute atomic E-state index is 0.0555. The monoisotopic (exact) mass is 327 g/mol. The zero-order valence-corrected chi connectivity index (χ0v) is 13.8. The lowest BCUT2D eigenvalue weighted by molar-refractivity contribution is -0.122. The van der Waals surface area contributed by atoms with Crippen LogP contribution in [0.3, 0.4) is 0 Å². The van der Waals surface area contributed by atoms with Crippen molar-refractivity contribution in [3.05, 3.63) is 24.0 Å². The van der Waals surface area contributed by atoms with Gasteiger partial charge in [0.15, 0.2) is 0 Å². The Morgan fingerprint density at radius 2 is 2.00 bits per heavy atom. The Hall–Kier alpha value is -2.22. The van der Waals surface area contributed by atoms with Gasteiger partial charge in [-0.1, -0.05) is 0 Å². The highest BCUT2D eigenvalue weighted by Crippen LogP contribution is 2.39. The summed E-state index contributed by atoms with van der Waals surface area (Å²) in [6, 6.07) is -0.0555. The fraction of sp³-hybridized carbons (Fsp3) is 0.625. The van der Waals surface area contributed by atoms with Crippen molar-refractivity contribution in [3.63, 3.8) is 0 Å². The minimum Gasteiger partial charge on any atom is -0.312 e. The predicted octanol–water partition coefficient (Wildman–Crippen LogP) is 0.510. The van der Waals surface area contributed by atoms with E-state index in [1.54, 1.807) is 10.9 Å². The van der Waals surface area contributed by atoms with Crippen LogP contribution in [0.1, 0.15) is 36.8 Å². The summed E-state index contributed by atoms with van der Waals surface area (Å²) < 4.78 is 4.01. The number of hydrogen-bond acceptors (Lipinski definition) is 5. The Bertz CT molecular complexity index is 790. The molecule has 5 rings (SSSR count). The molecule has 0 radical (unpaired) electrons. The van der Waals surface area contributed by atoms with Gasteiger partial charge < -0.3 is 9.47 Å². The van der Waals surface area contributed by atoms with Gasteiger partial charge >= 0.3 is 0 Å². The average molecular weight is 327 g/mol. The molecule has 1 saturated heterocycles. The molecule has 1 aliphatic carbocycles. The zero-order chi connectivity index (χ0) is 16.3. The molecule has 2 fully saturated rings. The molecule has 1 unspecified atom stereocenters. The van der Waals surface area contributed by atoms with Crippen LogP contribution in [0, 0.1) is 0 Å². The molecular weight excluding hydrogens is 306 g/mol. The Labute approximate surface area is 140 Å². The lowest BCUT2D eigenvalue weighted by Gasteiger charge is -2.31. The van der Waals surface area contributed by atoms with Gasteiger partial charge in [0.2, 0.25) is 5.91 Å².